The largest absolute Gasteiger partial charge is 0.465 e. The Hall–Kier alpha value is -8.00. The lowest BCUT2D eigenvalue weighted by Crippen LogP contribution is -2.43. The number of carbonyl (C=O) groups excluding carboxylic acids is 3. The number of nitrogens with zero attached hydrogens (tertiary/aromatic N) is 5. The number of ether oxygens (including phenoxy) is 1. The van der Waals surface area contributed by atoms with Crippen molar-refractivity contribution in [3.63, 3.8) is 0 Å². The molecule has 14 nitrogen and oxygen atoms in total. The summed E-state index contributed by atoms with van der Waals surface area (Å²) in [5, 5.41) is 12.6. The van der Waals surface area contributed by atoms with E-state index in [-0.39, 0.29) is 29.9 Å². The molecule has 2 saturated heterocycles. The fourth-order valence-corrected chi connectivity index (χ4v) is 9.39. The number of hydrogen-bond acceptors (Lipinski definition) is 7. The zero-order valence-corrected chi connectivity index (χ0v) is 36.6. The van der Waals surface area contributed by atoms with E-state index in [0.29, 0.717) is 42.2 Å². The second-order valence-corrected chi connectivity index (χ2v) is 16.7. The molecule has 2 fully saturated rings. The van der Waals surface area contributed by atoms with E-state index in [1.807, 2.05) is 95.9 Å². The van der Waals surface area contributed by atoms with Crippen molar-refractivity contribution in [2.45, 2.75) is 55.9 Å². The molecule has 0 spiro atoms. The maximum atomic E-state index is 14.7. The number of imidazole rings is 2. The summed E-state index contributed by atoms with van der Waals surface area (Å²) in [5.41, 5.74) is 7.84. The molecule has 2 aromatic heterocycles. The van der Waals surface area contributed by atoms with Gasteiger partial charge in [-0.25, -0.2) is 19.6 Å². The van der Waals surface area contributed by atoms with Crippen LogP contribution in [0.1, 0.15) is 84.2 Å². The number of benzene rings is 5. The number of hydrogen-bond donors (Lipinski definition) is 4. The number of likely N-dealkylation sites (tertiary alicyclic amines) is 2. The van der Waals surface area contributed by atoms with Gasteiger partial charge in [0.25, 0.3) is 11.8 Å². The van der Waals surface area contributed by atoms with E-state index >= 15 is 0 Å². The molecule has 7 aromatic rings. The van der Waals surface area contributed by atoms with Crippen molar-refractivity contribution in [2.75, 3.05) is 20.7 Å². The zero-order chi connectivity index (χ0) is 45.7. The Morgan fingerprint density at radius 1 is 0.652 bits per heavy atom. The highest BCUT2D eigenvalue weighted by Crippen LogP contribution is 2.45. The minimum atomic E-state index is -1.18. The summed E-state index contributed by atoms with van der Waals surface area (Å²) in [7, 11) is 2.71. The first kappa shape index (κ1) is 43.3. The van der Waals surface area contributed by atoms with Crippen LogP contribution >= 0.6 is 0 Å². The molecule has 2 aliphatic rings. The number of aromatic nitrogens is 4. The minimum Gasteiger partial charge on any atom is -0.465 e. The molecule has 0 radical (unpaired) electrons. The van der Waals surface area contributed by atoms with Gasteiger partial charge in [-0.1, -0.05) is 140 Å². The molecule has 4 amide bonds. The highest BCUT2D eigenvalue weighted by Gasteiger charge is 2.43. The van der Waals surface area contributed by atoms with Gasteiger partial charge in [0.1, 0.15) is 23.7 Å². The standard InChI is InChI=1S/C52H50N8O6/c1-58(52(64)65)46(39-17-10-5-11-18-39)50(62)59-30-12-19-43(59)47-53-31-40(55-47)35-24-20-33(21-25-35)34-22-26-36(27-23-34)41-32-54-48(56-41)44-29-28-42(37-13-6-3-7-14-37)60(44)49(61)45(57-51(63)66-2)38-15-8-4-9-16-38/h3-11,13-18,20-27,31-32,42-46H,12,19,28-30H2,1-2H3,(H,53,55)(H,54,56)(H,57,63)(H,64,65)/t42-,43-,44+,45-,46-/m1/s1. The number of nitrogens with one attached hydrogen (secondary N) is 3. The van der Waals surface area contributed by atoms with Crippen molar-refractivity contribution in [3.05, 3.63) is 180 Å². The van der Waals surface area contributed by atoms with Crippen molar-refractivity contribution < 1.29 is 29.0 Å². The summed E-state index contributed by atoms with van der Waals surface area (Å²) >= 11 is 0. The van der Waals surface area contributed by atoms with E-state index in [1.54, 1.807) is 41.6 Å². The molecule has 0 unspecified atom stereocenters. The number of aromatic amines is 2. The van der Waals surface area contributed by atoms with Crippen molar-refractivity contribution in [1.29, 1.82) is 0 Å². The van der Waals surface area contributed by atoms with Crippen molar-refractivity contribution >= 4 is 24.0 Å². The van der Waals surface area contributed by atoms with E-state index in [2.05, 4.69) is 39.6 Å². The van der Waals surface area contributed by atoms with Crippen molar-refractivity contribution in [2.24, 2.45) is 0 Å². The van der Waals surface area contributed by atoms with Crippen LogP contribution in [-0.4, -0.2) is 84.4 Å². The molecular weight excluding hydrogens is 833 g/mol. The Balaban J connectivity index is 0.902. The predicted octanol–water partition coefficient (Wildman–Crippen LogP) is 9.65. The molecule has 66 heavy (non-hydrogen) atoms. The van der Waals surface area contributed by atoms with Crippen LogP contribution in [0.25, 0.3) is 33.6 Å². The molecule has 0 bridgehead atoms. The number of alkyl carbamates (subject to hydrolysis) is 1. The zero-order valence-electron chi connectivity index (χ0n) is 36.6. The quantitative estimate of drug-likeness (QED) is 0.0938. The van der Waals surface area contributed by atoms with Crippen LogP contribution in [0.15, 0.2) is 152 Å². The fourth-order valence-electron chi connectivity index (χ4n) is 9.39. The van der Waals surface area contributed by atoms with E-state index in [0.717, 1.165) is 56.9 Å². The topological polar surface area (TPSA) is 177 Å². The van der Waals surface area contributed by atoms with Gasteiger partial charge in [-0.2, -0.15) is 0 Å². The van der Waals surface area contributed by atoms with Crippen LogP contribution in [-0.2, 0) is 14.3 Å². The Bertz CT molecular complexity index is 2800. The molecular formula is C52H50N8O6. The molecule has 334 valence electrons. The maximum absolute atomic E-state index is 14.7. The Kier molecular flexibility index (Phi) is 12.5. The minimum absolute atomic E-state index is 0.232. The first-order chi connectivity index (χ1) is 32.2. The van der Waals surface area contributed by atoms with Gasteiger partial charge < -0.3 is 34.9 Å². The third-order valence-electron chi connectivity index (χ3n) is 12.8. The molecule has 4 heterocycles. The Morgan fingerprint density at radius 2 is 1.15 bits per heavy atom. The molecule has 9 rings (SSSR count). The maximum Gasteiger partial charge on any atom is 0.407 e. The van der Waals surface area contributed by atoms with E-state index in [4.69, 9.17) is 14.7 Å². The third kappa shape index (κ3) is 8.77. The lowest BCUT2D eigenvalue weighted by atomic mass is 10.0. The number of amides is 4. The molecule has 0 saturated carbocycles. The van der Waals surface area contributed by atoms with Crippen LogP contribution < -0.4 is 5.32 Å². The summed E-state index contributed by atoms with van der Waals surface area (Å²) in [6.07, 6.45) is 4.59. The highest BCUT2D eigenvalue weighted by molar-refractivity contribution is 5.88. The predicted molar refractivity (Wildman–Crippen MR) is 248 cm³/mol. The van der Waals surface area contributed by atoms with E-state index in [1.165, 1.54) is 14.2 Å². The lowest BCUT2D eigenvalue weighted by Gasteiger charge is -2.33. The average molecular weight is 883 g/mol. The van der Waals surface area contributed by atoms with Gasteiger partial charge >= 0.3 is 12.2 Å². The second-order valence-electron chi connectivity index (χ2n) is 16.7. The smallest absolute Gasteiger partial charge is 0.407 e. The number of H-pyrrole nitrogens is 2. The lowest BCUT2D eigenvalue weighted by molar-refractivity contribution is -0.138. The monoisotopic (exact) mass is 882 g/mol. The summed E-state index contributed by atoms with van der Waals surface area (Å²) in [4.78, 5) is 74.5. The number of carbonyl (C=O) groups is 4. The van der Waals surface area contributed by atoms with Crippen LogP contribution in [0.5, 0.6) is 0 Å². The van der Waals surface area contributed by atoms with E-state index in [9.17, 15) is 24.3 Å². The van der Waals surface area contributed by atoms with Gasteiger partial charge in [-0.05, 0) is 64.6 Å². The van der Waals surface area contributed by atoms with Gasteiger partial charge in [0.05, 0.1) is 49.0 Å². The van der Waals surface area contributed by atoms with Gasteiger partial charge in [-0.3, -0.25) is 14.5 Å². The van der Waals surface area contributed by atoms with Gasteiger partial charge in [0, 0.05) is 13.6 Å². The first-order valence-electron chi connectivity index (χ1n) is 22.1. The van der Waals surface area contributed by atoms with E-state index < -0.39 is 24.3 Å². The van der Waals surface area contributed by atoms with Crippen LogP contribution in [0.2, 0.25) is 0 Å². The fraction of sp³-hybridized carbons (Fsp3) is 0.231. The van der Waals surface area contributed by atoms with Crippen molar-refractivity contribution in [1.82, 2.24) is 40.0 Å². The normalized spacial score (nSPS) is 17.8. The summed E-state index contributed by atoms with van der Waals surface area (Å²) < 4.78 is 4.94. The highest BCUT2D eigenvalue weighted by atomic mass is 16.5. The summed E-state index contributed by atoms with van der Waals surface area (Å²) in [6, 6.07) is 41.7. The summed E-state index contributed by atoms with van der Waals surface area (Å²) in [6.45, 7) is 0.508. The SMILES string of the molecule is COC(=O)N[C@@H](C(=O)N1[C@@H](c2ccccc2)CC[C@H]1c1ncc(-c2ccc(-c3ccc(-c4cnc([C@H]5CCCN5C(=O)[C@@H](c5ccccc5)N(C)C(=O)O)[nH]4)cc3)cc2)[nH]1)c1ccccc1. The number of rotatable bonds is 12. The molecule has 4 N–H and O–H groups in total. The second kappa shape index (κ2) is 19.0. The van der Waals surface area contributed by atoms with Gasteiger partial charge in [0.2, 0.25) is 0 Å². The molecule has 5 aromatic carbocycles. The van der Waals surface area contributed by atoms with Crippen LogP contribution in [0, 0.1) is 0 Å². The molecule has 0 aliphatic carbocycles. The van der Waals surface area contributed by atoms with Crippen molar-refractivity contribution in [3.8, 4) is 33.6 Å². The third-order valence-corrected chi connectivity index (χ3v) is 12.8. The van der Waals surface area contributed by atoms with Crippen LogP contribution in [0.4, 0.5) is 9.59 Å². The molecule has 5 atom stereocenters. The molecule has 14 heteroatoms. The van der Waals surface area contributed by atoms with Crippen LogP contribution in [0.3, 0.4) is 0 Å². The van der Waals surface area contributed by atoms with Gasteiger partial charge in [-0.15, -0.1) is 0 Å². The summed E-state index contributed by atoms with van der Waals surface area (Å²) in [5.74, 6) is 0.801. The Morgan fingerprint density at radius 3 is 1.70 bits per heavy atom. The number of carboxylic acid groups (broad SMARTS) is 1. The Labute approximate surface area is 382 Å². The van der Waals surface area contributed by atoms with Gasteiger partial charge in [0.15, 0.2) is 0 Å². The average Bonchev–Trinajstić information content (AvgIpc) is 4.21. The number of likely N-dealkylation sites (N-methyl/N-ethyl adjacent to an activating group) is 1. The number of methoxy groups -OCH3 is 1. The molecule has 2 aliphatic heterocycles. The first-order valence-corrected chi connectivity index (χ1v) is 22.1.